The first-order chi connectivity index (χ1) is 14.7. The number of anilines is 1. The molecule has 1 N–H and O–H groups in total. The SMILES string of the molecule is O=C(Nc1cc(Oc2ccccc2)cc(Oc2ccccc2)c1)c1cccc(F)c1. The molecule has 4 rings (SSSR count). The van der Waals surface area contributed by atoms with E-state index in [1.54, 1.807) is 24.3 Å². The zero-order chi connectivity index (χ0) is 20.8. The van der Waals surface area contributed by atoms with Gasteiger partial charge in [0.05, 0.1) is 0 Å². The number of halogens is 1. The maximum absolute atomic E-state index is 13.5. The summed E-state index contributed by atoms with van der Waals surface area (Å²) in [6.07, 6.45) is 0. The maximum atomic E-state index is 13.5. The molecule has 0 spiro atoms. The lowest BCUT2D eigenvalue weighted by molar-refractivity contribution is 0.102. The number of nitrogens with one attached hydrogen (secondary N) is 1. The smallest absolute Gasteiger partial charge is 0.255 e. The molecule has 4 aromatic rings. The molecule has 30 heavy (non-hydrogen) atoms. The topological polar surface area (TPSA) is 47.6 Å². The van der Waals surface area contributed by atoms with Crippen molar-refractivity contribution < 1.29 is 18.7 Å². The highest BCUT2D eigenvalue weighted by molar-refractivity contribution is 6.04. The molecule has 0 aliphatic carbocycles. The zero-order valence-corrected chi connectivity index (χ0v) is 15.9. The summed E-state index contributed by atoms with van der Waals surface area (Å²) in [7, 11) is 0. The summed E-state index contributed by atoms with van der Waals surface area (Å²) in [6, 6.07) is 29.2. The third-order valence-electron chi connectivity index (χ3n) is 4.18. The minimum atomic E-state index is -0.475. The van der Waals surface area contributed by atoms with Crippen LogP contribution >= 0.6 is 0 Å². The Hall–Kier alpha value is -4.12. The largest absolute Gasteiger partial charge is 0.457 e. The van der Waals surface area contributed by atoms with Gasteiger partial charge in [-0.1, -0.05) is 42.5 Å². The van der Waals surface area contributed by atoms with E-state index in [4.69, 9.17) is 9.47 Å². The lowest BCUT2D eigenvalue weighted by atomic mass is 10.2. The summed E-state index contributed by atoms with van der Waals surface area (Å²) < 4.78 is 25.3. The third-order valence-corrected chi connectivity index (χ3v) is 4.18. The molecule has 0 heterocycles. The van der Waals surface area contributed by atoms with Crippen molar-refractivity contribution in [2.24, 2.45) is 0 Å². The monoisotopic (exact) mass is 399 g/mol. The Morgan fingerprint density at radius 1 is 0.633 bits per heavy atom. The molecule has 0 aromatic heterocycles. The van der Waals surface area contributed by atoms with Gasteiger partial charge in [-0.2, -0.15) is 0 Å². The number of carbonyl (C=O) groups excluding carboxylic acids is 1. The number of rotatable bonds is 6. The fourth-order valence-corrected chi connectivity index (χ4v) is 2.84. The summed E-state index contributed by atoms with van der Waals surface area (Å²) in [5.74, 6) is 1.37. The van der Waals surface area contributed by atoms with Gasteiger partial charge in [0.2, 0.25) is 0 Å². The highest BCUT2D eigenvalue weighted by Crippen LogP contribution is 2.32. The van der Waals surface area contributed by atoms with E-state index in [0.717, 1.165) is 0 Å². The Labute approximate surface area is 173 Å². The van der Waals surface area contributed by atoms with Crippen molar-refractivity contribution in [3.63, 3.8) is 0 Å². The molecular weight excluding hydrogens is 381 g/mol. The molecule has 0 bridgehead atoms. The van der Waals surface area contributed by atoms with E-state index < -0.39 is 11.7 Å². The number of hydrogen-bond acceptors (Lipinski definition) is 3. The second kappa shape index (κ2) is 8.92. The van der Waals surface area contributed by atoms with Crippen LogP contribution in [0.1, 0.15) is 10.4 Å². The molecule has 1 amide bonds. The zero-order valence-electron chi connectivity index (χ0n) is 15.9. The third kappa shape index (κ3) is 5.02. The number of ether oxygens (including phenoxy) is 2. The Balaban J connectivity index is 1.63. The van der Waals surface area contributed by atoms with Crippen LogP contribution in [0.3, 0.4) is 0 Å². The molecule has 0 atom stereocenters. The predicted molar refractivity (Wildman–Crippen MR) is 114 cm³/mol. The van der Waals surface area contributed by atoms with Crippen molar-refractivity contribution in [2.45, 2.75) is 0 Å². The Morgan fingerprint density at radius 2 is 1.20 bits per heavy atom. The van der Waals surface area contributed by atoms with Crippen molar-refractivity contribution in [1.82, 2.24) is 0 Å². The average molecular weight is 399 g/mol. The van der Waals surface area contributed by atoms with Crippen LogP contribution in [0, 0.1) is 5.82 Å². The standard InChI is InChI=1S/C25H18FNO3/c26-19-9-7-8-18(14-19)25(28)27-20-15-23(29-21-10-3-1-4-11-21)17-24(16-20)30-22-12-5-2-6-13-22/h1-17H,(H,27,28). The molecule has 0 saturated heterocycles. The van der Waals surface area contributed by atoms with Crippen LogP contribution in [0.25, 0.3) is 0 Å². The van der Waals surface area contributed by atoms with Crippen molar-refractivity contribution >= 4 is 11.6 Å². The second-order valence-electron chi connectivity index (χ2n) is 6.49. The molecule has 0 radical (unpaired) electrons. The van der Waals surface area contributed by atoms with Gasteiger partial charge >= 0.3 is 0 Å². The summed E-state index contributed by atoms with van der Waals surface area (Å²) in [6.45, 7) is 0. The normalized spacial score (nSPS) is 10.3. The predicted octanol–water partition coefficient (Wildman–Crippen LogP) is 6.66. The van der Waals surface area contributed by atoms with Gasteiger partial charge in [0.15, 0.2) is 0 Å². The van der Waals surface area contributed by atoms with Crippen LogP contribution in [0.2, 0.25) is 0 Å². The highest BCUT2D eigenvalue weighted by Gasteiger charge is 2.11. The van der Waals surface area contributed by atoms with E-state index in [0.29, 0.717) is 28.7 Å². The van der Waals surface area contributed by atoms with Gasteiger partial charge < -0.3 is 14.8 Å². The van der Waals surface area contributed by atoms with Crippen molar-refractivity contribution in [3.8, 4) is 23.0 Å². The maximum Gasteiger partial charge on any atom is 0.255 e. The van der Waals surface area contributed by atoms with Crippen LogP contribution in [-0.2, 0) is 0 Å². The summed E-state index contributed by atoms with van der Waals surface area (Å²) >= 11 is 0. The van der Waals surface area contributed by atoms with Gasteiger partial charge in [-0.15, -0.1) is 0 Å². The molecular formula is C25H18FNO3. The first-order valence-electron chi connectivity index (χ1n) is 9.33. The van der Waals surface area contributed by atoms with Gasteiger partial charge in [-0.05, 0) is 42.5 Å². The van der Waals surface area contributed by atoms with Crippen molar-refractivity contribution in [3.05, 3.63) is 115 Å². The van der Waals surface area contributed by atoms with E-state index in [1.165, 1.54) is 18.2 Å². The molecule has 0 aliphatic rings. The highest BCUT2D eigenvalue weighted by atomic mass is 19.1. The fourth-order valence-electron chi connectivity index (χ4n) is 2.84. The van der Waals surface area contributed by atoms with Gasteiger partial charge in [-0.25, -0.2) is 4.39 Å². The Bertz CT molecular complexity index is 1090. The van der Waals surface area contributed by atoms with Gasteiger partial charge in [0, 0.05) is 29.4 Å². The number of benzene rings is 4. The van der Waals surface area contributed by atoms with Gasteiger partial charge in [0.1, 0.15) is 28.8 Å². The van der Waals surface area contributed by atoms with E-state index >= 15 is 0 Å². The first kappa shape index (κ1) is 19.2. The average Bonchev–Trinajstić information content (AvgIpc) is 2.75. The van der Waals surface area contributed by atoms with Gasteiger partial charge in [-0.3, -0.25) is 4.79 Å². The second-order valence-corrected chi connectivity index (χ2v) is 6.49. The van der Waals surface area contributed by atoms with Crippen LogP contribution in [-0.4, -0.2) is 5.91 Å². The number of amides is 1. The lowest BCUT2D eigenvalue weighted by Gasteiger charge is -2.13. The summed E-state index contributed by atoms with van der Waals surface area (Å²) in [5.41, 5.74) is 0.679. The number of para-hydroxylation sites is 2. The molecule has 0 fully saturated rings. The quantitative estimate of drug-likeness (QED) is 0.394. The molecule has 5 heteroatoms. The van der Waals surface area contributed by atoms with E-state index in [9.17, 15) is 9.18 Å². The minimum Gasteiger partial charge on any atom is -0.457 e. The Kier molecular flexibility index (Phi) is 5.71. The Morgan fingerprint density at radius 3 is 1.73 bits per heavy atom. The van der Waals surface area contributed by atoms with Crippen molar-refractivity contribution in [2.75, 3.05) is 5.32 Å². The molecule has 0 unspecified atom stereocenters. The molecule has 4 nitrogen and oxygen atoms in total. The van der Waals surface area contributed by atoms with Crippen LogP contribution in [0.5, 0.6) is 23.0 Å². The molecule has 0 saturated carbocycles. The van der Waals surface area contributed by atoms with Gasteiger partial charge in [0.25, 0.3) is 5.91 Å². The van der Waals surface area contributed by atoms with Crippen molar-refractivity contribution in [1.29, 1.82) is 0 Å². The summed E-state index contributed by atoms with van der Waals surface area (Å²) in [4.78, 5) is 12.5. The minimum absolute atomic E-state index is 0.218. The van der Waals surface area contributed by atoms with E-state index in [1.807, 2.05) is 60.7 Å². The number of hydrogen-bond donors (Lipinski definition) is 1. The van der Waals surface area contributed by atoms with Crippen LogP contribution < -0.4 is 14.8 Å². The first-order valence-corrected chi connectivity index (χ1v) is 9.33. The fraction of sp³-hybridized carbons (Fsp3) is 0. The molecule has 4 aromatic carbocycles. The van der Waals surface area contributed by atoms with Crippen LogP contribution in [0.4, 0.5) is 10.1 Å². The molecule has 0 aliphatic heterocycles. The van der Waals surface area contributed by atoms with Crippen LogP contribution in [0.15, 0.2) is 103 Å². The number of carbonyl (C=O) groups is 1. The molecule has 148 valence electrons. The van der Waals surface area contributed by atoms with E-state index in [2.05, 4.69) is 5.32 Å². The lowest BCUT2D eigenvalue weighted by Crippen LogP contribution is -2.12. The van der Waals surface area contributed by atoms with E-state index in [-0.39, 0.29) is 5.56 Å². The summed E-state index contributed by atoms with van der Waals surface area (Å²) in [5, 5.41) is 2.77.